The molecule has 1 atom stereocenters. The molecule has 5 rings (SSSR count). The molecule has 0 N–H and O–H groups in total. The number of para-hydroxylation sites is 1. The molecule has 5 heteroatoms. The molecule has 1 aromatic heterocycles. The van der Waals surface area contributed by atoms with Crippen LogP contribution in [0.1, 0.15) is 120 Å². The van der Waals surface area contributed by atoms with Crippen LogP contribution >= 0.6 is 0 Å². The zero-order valence-corrected chi connectivity index (χ0v) is 34.1. The molecule has 1 heterocycles. The van der Waals surface area contributed by atoms with Crippen molar-refractivity contribution in [2.45, 2.75) is 122 Å². The van der Waals surface area contributed by atoms with Crippen LogP contribution in [-0.2, 0) is 19.2 Å². The molecule has 4 nitrogen and oxygen atoms in total. The fraction of sp³-hybridized carbons (Fsp3) is 0.449. The van der Waals surface area contributed by atoms with Gasteiger partial charge in [-0.1, -0.05) is 156 Å². The molecule has 5 aromatic rings. The Balaban J connectivity index is 0.000000385. The Bertz CT molecular complexity index is 1650. The Labute approximate surface area is 328 Å². The number of fused-ring (bicyclic) bond motifs is 1. The van der Waals surface area contributed by atoms with Crippen molar-refractivity contribution in [1.82, 2.24) is 0 Å². The molecule has 4 aromatic carbocycles. The van der Waals surface area contributed by atoms with Gasteiger partial charge in [0, 0.05) is 23.9 Å². The quantitative estimate of drug-likeness (QED) is 0.0381. The van der Waals surface area contributed by atoms with Crippen LogP contribution < -0.4 is 18.8 Å². The summed E-state index contributed by atoms with van der Waals surface area (Å²) in [6.07, 6.45) is 21.6. The van der Waals surface area contributed by atoms with Gasteiger partial charge < -0.3 is 14.2 Å². The van der Waals surface area contributed by atoms with Crippen LogP contribution in [0.4, 0.5) is 0 Å². The van der Waals surface area contributed by atoms with E-state index >= 15 is 0 Å². The smallest absolute Gasteiger partial charge is 0.212 e. The lowest BCUT2D eigenvalue weighted by molar-refractivity contribution is -0.671. The maximum atomic E-state index is 5.49. The molecule has 0 aliphatic carbocycles. The van der Waals surface area contributed by atoms with Gasteiger partial charge in [-0.05, 0) is 67.0 Å². The van der Waals surface area contributed by atoms with Crippen molar-refractivity contribution in [3.05, 3.63) is 132 Å². The van der Waals surface area contributed by atoms with E-state index in [1.54, 1.807) is 21.3 Å². The Morgan fingerprint density at radius 1 is 0.500 bits per heavy atom. The third-order valence-electron chi connectivity index (χ3n) is 10.8. The van der Waals surface area contributed by atoms with Crippen molar-refractivity contribution in [1.29, 1.82) is 0 Å². The summed E-state index contributed by atoms with van der Waals surface area (Å²) in [6, 6.07) is 38.9. The Morgan fingerprint density at radius 3 is 1.48 bits per heavy atom. The van der Waals surface area contributed by atoms with Gasteiger partial charge in [0.2, 0.25) is 5.52 Å². The monoisotopic (exact) mass is 729 g/mol. The summed E-state index contributed by atoms with van der Waals surface area (Å²) in [5.41, 5.74) is 5.48. The maximum absolute atomic E-state index is 5.49. The molecule has 0 radical (unpaired) electrons. The number of hydrogen-bond donors (Lipinski definition) is 0. The van der Waals surface area contributed by atoms with E-state index in [4.69, 9.17) is 14.2 Å². The highest BCUT2D eigenvalue weighted by Crippen LogP contribution is 2.31. The Hall–Kier alpha value is -4.25. The lowest BCUT2D eigenvalue weighted by Gasteiger charge is -2.26. The minimum Gasteiger partial charge on any atom is -0.497 e. The average Bonchev–Trinajstić information content (AvgIpc) is 3.22. The maximum Gasteiger partial charge on any atom is 0.212 e. The van der Waals surface area contributed by atoms with E-state index < -0.39 is 0 Å². The Kier molecular flexibility index (Phi) is 19.6. The van der Waals surface area contributed by atoms with Gasteiger partial charge in [-0.3, -0.25) is 0 Å². The molecular weight excluding hydrogens is 661 g/mol. The van der Waals surface area contributed by atoms with Crippen LogP contribution in [0.3, 0.4) is 0 Å². The number of methoxy groups -OCH3 is 3. The van der Waals surface area contributed by atoms with E-state index in [2.05, 4.69) is 134 Å². The van der Waals surface area contributed by atoms with Crippen LogP contribution in [0.2, 0.25) is 0 Å². The van der Waals surface area contributed by atoms with Gasteiger partial charge >= 0.3 is 0 Å². The summed E-state index contributed by atoms with van der Waals surface area (Å²) in [5, 5.41) is 1.33. The molecule has 0 spiro atoms. The van der Waals surface area contributed by atoms with E-state index in [0.29, 0.717) is 12.5 Å². The van der Waals surface area contributed by atoms with Crippen LogP contribution in [0.15, 0.2) is 115 Å². The summed E-state index contributed by atoms with van der Waals surface area (Å²) in [7, 11) is 5.20. The van der Waals surface area contributed by atoms with Gasteiger partial charge in [0.25, 0.3) is 0 Å². The lowest BCUT2D eigenvalue weighted by atomic mass is 9.34. The van der Waals surface area contributed by atoms with Crippen molar-refractivity contribution in [3.63, 3.8) is 0 Å². The standard InChI is InChI=1S/C36H51BO3.C13H16N/c1-5-6-7-8-9-10-11-12-13-14-15-36(32-20-26-35(40-4)27-21-32)37(28-30-16-22-33(38-2)23-17-30)29-31-18-24-34(39-3)25-19-31;1-2-3-10-14-11-6-8-12-7-4-5-9-13(12)14/h16-27,36H,5-15,28-29H2,1-4H3;4-9,11H,2-3,10H2,1H3/q;+1. The van der Waals surface area contributed by atoms with Crippen molar-refractivity contribution in [3.8, 4) is 17.2 Å². The second-order valence-corrected chi connectivity index (χ2v) is 14.8. The average molecular weight is 729 g/mol. The van der Waals surface area contributed by atoms with Gasteiger partial charge in [0.05, 0.1) is 21.3 Å². The molecule has 0 fully saturated rings. The highest BCUT2D eigenvalue weighted by Gasteiger charge is 2.27. The normalized spacial score (nSPS) is 11.4. The molecule has 288 valence electrons. The summed E-state index contributed by atoms with van der Waals surface area (Å²) in [4.78, 5) is 0. The van der Waals surface area contributed by atoms with Crippen molar-refractivity contribution < 1.29 is 18.8 Å². The molecule has 0 bridgehead atoms. The summed E-state index contributed by atoms with van der Waals surface area (Å²) in [5.74, 6) is 3.22. The fourth-order valence-electron chi connectivity index (χ4n) is 7.61. The van der Waals surface area contributed by atoms with Crippen molar-refractivity contribution in [2.24, 2.45) is 0 Å². The van der Waals surface area contributed by atoms with E-state index in [1.807, 2.05) is 0 Å². The summed E-state index contributed by atoms with van der Waals surface area (Å²) in [6.45, 7) is 6.12. The first-order chi connectivity index (χ1) is 26.6. The van der Waals surface area contributed by atoms with Gasteiger partial charge in [-0.2, -0.15) is 4.57 Å². The van der Waals surface area contributed by atoms with Crippen LogP contribution in [-0.4, -0.2) is 28.0 Å². The SMILES string of the molecule is CCCCCCCCCCCCC(B(Cc1ccc(OC)cc1)Cc1ccc(OC)cc1)c1ccc(OC)cc1.CCCC[n+]1cccc2ccccc21. The van der Waals surface area contributed by atoms with E-state index in [0.717, 1.165) is 36.4 Å². The third-order valence-corrected chi connectivity index (χ3v) is 10.8. The predicted molar refractivity (Wildman–Crippen MR) is 230 cm³/mol. The highest BCUT2D eigenvalue weighted by atomic mass is 16.5. The van der Waals surface area contributed by atoms with Gasteiger partial charge in [0.1, 0.15) is 23.8 Å². The molecule has 54 heavy (non-hydrogen) atoms. The van der Waals surface area contributed by atoms with Gasteiger partial charge in [-0.25, -0.2) is 0 Å². The number of rotatable bonds is 23. The number of benzene rings is 4. The first-order valence-corrected chi connectivity index (χ1v) is 20.9. The fourth-order valence-corrected chi connectivity index (χ4v) is 7.61. The Morgan fingerprint density at radius 2 is 0.963 bits per heavy atom. The molecule has 0 saturated carbocycles. The highest BCUT2D eigenvalue weighted by molar-refractivity contribution is 6.59. The number of aromatic nitrogens is 1. The zero-order chi connectivity index (χ0) is 38.2. The topological polar surface area (TPSA) is 31.6 Å². The zero-order valence-electron chi connectivity index (χ0n) is 34.1. The molecule has 0 saturated heterocycles. The number of aryl methyl sites for hydroxylation is 1. The van der Waals surface area contributed by atoms with E-state index in [-0.39, 0.29) is 0 Å². The summed E-state index contributed by atoms with van der Waals surface area (Å²) < 4.78 is 18.7. The number of ether oxygens (including phenoxy) is 3. The van der Waals surface area contributed by atoms with E-state index in [9.17, 15) is 0 Å². The number of hydrogen-bond acceptors (Lipinski definition) is 3. The second-order valence-electron chi connectivity index (χ2n) is 14.8. The largest absolute Gasteiger partial charge is 0.497 e. The predicted octanol–water partition coefficient (Wildman–Crippen LogP) is 12.6. The minimum absolute atomic E-state index is 0.476. The minimum atomic E-state index is 0.476. The lowest BCUT2D eigenvalue weighted by Crippen LogP contribution is -2.33. The van der Waals surface area contributed by atoms with Crippen LogP contribution in [0.5, 0.6) is 17.2 Å². The second kappa shape index (κ2) is 25.0. The third kappa shape index (κ3) is 14.5. The number of nitrogens with zero attached hydrogens (tertiary/aromatic N) is 1. The summed E-state index contributed by atoms with van der Waals surface area (Å²) >= 11 is 0. The molecule has 0 aliphatic rings. The van der Waals surface area contributed by atoms with Crippen LogP contribution in [0.25, 0.3) is 10.9 Å². The molecular formula is C49H67BNO3+. The van der Waals surface area contributed by atoms with Crippen LogP contribution in [0, 0.1) is 0 Å². The first-order valence-electron chi connectivity index (χ1n) is 20.9. The number of unbranched alkanes of at least 4 members (excludes halogenated alkanes) is 10. The first kappa shape index (κ1) is 42.5. The molecule has 0 aliphatic heterocycles. The number of pyridine rings is 1. The van der Waals surface area contributed by atoms with Gasteiger partial charge in [0.15, 0.2) is 12.9 Å². The van der Waals surface area contributed by atoms with Gasteiger partial charge in [-0.15, -0.1) is 0 Å². The molecule has 0 amide bonds. The van der Waals surface area contributed by atoms with Crippen molar-refractivity contribution >= 4 is 17.6 Å². The molecule has 1 unspecified atom stereocenters. The van der Waals surface area contributed by atoms with E-state index in [1.165, 1.54) is 111 Å². The van der Waals surface area contributed by atoms with Crippen molar-refractivity contribution in [2.75, 3.05) is 21.3 Å².